The maximum atomic E-state index is 12.0. The Kier molecular flexibility index (Phi) is 6.57. The number of hydrogen-bond donors (Lipinski definition) is 2. The zero-order valence-corrected chi connectivity index (χ0v) is 12.2. The van der Waals surface area contributed by atoms with Crippen molar-refractivity contribution in [2.24, 2.45) is 11.7 Å². The van der Waals surface area contributed by atoms with Crippen LogP contribution in [0.2, 0.25) is 0 Å². The Morgan fingerprint density at radius 1 is 1.21 bits per heavy atom. The molecule has 0 aliphatic rings. The van der Waals surface area contributed by atoms with Crippen LogP contribution >= 0.6 is 0 Å². The number of rotatable bonds is 7. The van der Waals surface area contributed by atoms with Crippen LogP contribution in [0.25, 0.3) is 0 Å². The number of nitrogens with one attached hydrogen (secondary N) is 1. The SMILES string of the molecule is CCC(CC)C(NC(=O)CC(C)N)c1ccccc1. The van der Waals surface area contributed by atoms with Crippen LogP contribution in [0.4, 0.5) is 0 Å². The first-order chi connectivity index (χ1) is 9.08. The molecule has 0 bridgehead atoms. The second-order valence-electron chi connectivity index (χ2n) is 5.21. The molecule has 3 heteroatoms. The Morgan fingerprint density at radius 2 is 1.79 bits per heavy atom. The molecule has 0 aliphatic carbocycles. The lowest BCUT2D eigenvalue weighted by molar-refractivity contribution is -0.122. The highest BCUT2D eigenvalue weighted by Crippen LogP contribution is 2.27. The van der Waals surface area contributed by atoms with Gasteiger partial charge in [-0.2, -0.15) is 0 Å². The highest BCUT2D eigenvalue weighted by molar-refractivity contribution is 5.77. The standard InChI is InChI=1S/C16H26N2O/c1-4-13(5-2)16(14-9-7-6-8-10-14)18-15(19)11-12(3)17/h6-10,12-13,16H,4-5,11,17H2,1-3H3,(H,18,19). The molecule has 0 saturated heterocycles. The van der Waals surface area contributed by atoms with Crippen LogP contribution in [-0.4, -0.2) is 11.9 Å². The van der Waals surface area contributed by atoms with E-state index in [1.807, 2.05) is 25.1 Å². The molecule has 0 fully saturated rings. The Balaban J connectivity index is 2.84. The Bertz CT molecular complexity index is 372. The van der Waals surface area contributed by atoms with Crippen molar-refractivity contribution in [3.63, 3.8) is 0 Å². The second kappa shape index (κ2) is 7.95. The number of hydrogen-bond acceptors (Lipinski definition) is 2. The van der Waals surface area contributed by atoms with Gasteiger partial charge in [-0.1, -0.05) is 57.0 Å². The maximum absolute atomic E-state index is 12.0. The molecular weight excluding hydrogens is 236 g/mol. The minimum atomic E-state index is -0.0990. The van der Waals surface area contributed by atoms with Crippen molar-refractivity contribution in [1.29, 1.82) is 0 Å². The molecule has 3 N–H and O–H groups in total. The van der Waals surface area contributed by atoms with E-state index in [-0.39, 0.29) is 18.0 Å². The molecule has 0 aromatic heterocycles. The van der Waals surface area contributed by atoms with Crippen LogP contribution in [0.15, 0.2) is 30.3 Å². The fourth-order valence-electron chi connectivity index (χ4n) is 2.42. The lowest BCUT2D eigenvalue weighted by atomic mass is 9.88. The smallest absolute Gasteiger partial charge is 0.222 e. The molecule has 1 aromatic carbocycles. The summed E-state index contributed by atoms with van der Waals surface area (Å²) >= 11 is 0. The quantitative estimate of drug-likeness (QED) is 0.793. The molecule has 1 rings (SSSR count). The van der Waals surface area contributed by atoms with Gasteiger partial charge < -0.3 is 11.1 Å². The molecule has 0 spiro atoms. The van der Waals surface area contributed by atoms with E-state index in [9.17, 15) is 4.79 Å². The summed E-state index contributed by atoms with van der Waals surface area (Å²) in [4.78, 5) is 12.0. The van der Waals surface area contributed by atoms with Crippen molar-refractivity contribution in [3.8, 4) is 0 Å². The van der Waals surface area contributed by atoms with Gasteiger partial charge in [-0.15, -0.1) is 0 Å². The van der Waals surface area contributed by atoms with Crippen molar-refractivity contribution in [3.05, 3.63) is 35.9 Å². The van der Waals surface area contributed by atoms with Crippen LogP contribution in [0.1, 0.15) is 51.6 Å². The molecule has 0 heterocycles. The third kappa shape index (κ3) is 5.03. The fourth-order valence-corrected chi connectivity index (χ4v) is 2.42. The minimum Gasteiger partial charge on any atom is -0.349 e. The van der Waals surface area contributed by atoms with Crippen molar-refractivity contribution in [1.82, 2.24) is 5.32 Å². The number of carbonyl (C=O) groups is 1. The molecule has 0 aliphatic heterocycles. The number of carbonyl (C=O) groups excluding carboxylic acids is 1. The highest BCUT2D eigenvalue weighted by atomic mass is 16.1. The summed E-state index contributed by atoms with van der Waals surface area (Å²) < 4.78 is 0. The van der Waals surface area contributed by atoms with Crippen LogP contribution in [0.5, 0.6) is 0 Å². The van der Waals surface area contributed by atoms with Gasteiger partial charge in [-0.25, -0.2) is 0 Å². The summed E-state index contributed by atoms with van der Waals surface area (Å²) in [5.41, 5.74) is 6.86. The molecular formula is C16H26N2O. The molecule has 106 valence electrons. The third-order valence-electron chi connectivity index (χ3n) is 3.50. The fraction of sp³-hybridized carbons (Fsp3) is 0.562. The van der Waals surface area contributed by atoms with Gasteiger partial charge in [0.2, 0.25) is 5.91 Å². The second-order valence-corrected chi connectivity index (χ2v) is 5.21. The van der Waals surface area contributed by atoms with Gasteiger partial charge >= 0.3 is 0 Å². The van der Waals surface area contributed by atoms with E-state index in [1.165, 1.54) is 5.56 Å². The van der Waals surface area contributed by atoms with Crippen molar-refractivity contribution >= 4 is 5.91 Å². The largest absolute Gasteiger partial charge is 0.349 e. The van der Waals surface area contributed by atoms with Crippen molar-refractivity contribution in [2.75, 3.05) is 0 Å². The van der Waals surface area contributed by atoms with Crippen LogP contribution < -0.4 is 11.1 Å². The van der Waals surface area contributed by atoms with Gasteiger partial charge in [0.05, 0.1) is 6.04 Å². The molecule has 3 nitrogen and oxygen atoms in total. The average molecular weight is 262 g/mol. The van der Waals surface area contributed by atoms with Crippen molar-refractivity contribution < 1.29 is 4.79 Å². The molecule has 1 aromatic rings. The van der Waals surface area contributed by atoms with Gasteiger partial charge in [0.25, 0.3) is 0 Å². The Labute approximate surface area is 116 Å². The van der Waals surface area contributed by atoms with Gasteiger partial charge in [0, 0.05) is 12.5 Å². The van der Waals surface area contributed by atoms with E-state index < -0.39 is 0 Å². The molecule has 19 heavy (non-hydrogen) atoms. The first-order valence-corrected chi connectivity index (χ1v) is 7.18. The summed E-state index contributed by atoms with van der Waals surface area (Å²) in [5, 5.41) is 3.15. The Morgan fingerprint density at radius 3 is 2.26 bits per heavy atom. The summed E-state index contributed by atoms with van der Waals surface area (Å²) in [6.07, 6.45) is 2.48. The minimum absolute atomic E-state index is 0.0377. The molecule has 1 amide bonds. The van der Waals surface area contributed by atoms with E-state index >= 15 is 0 Å². The average Bonchev–Trinajstić information content (AvgIpc) is 2.39. The number of amides is 1. The number of benzene rings is 1. The van der Waals surface area contributed by atoms with E-state index in [0.717, 1.165) is 12.8 Å². The maximum Gasteiger partial charge on any atom is 0.222 e. The van der Waals surface area contributed by atoms with Crippen molar-refractivity contribution in [2.45, 2.75) is 52.1 Å². The normalized spacial score (nSPS) is 14.2. The Hall–Kier alpha value is -1.35. The molecule has 0 saturated carbocycles. The lowest BCUT2D eigenvalue weighted by Crippen LogP contribution is -2.36. The first-order valence-electron chi connectivity index (χ1n) is 7.18. The molecule has 2 unspecified atom stereocenters. The predicted molar refractivity (Wildman–Crippen MR) is 79.7 cm³/mol. The van der Waals surface area contributed by atoms with E-state index in [4.69, 9.17) is 5.73 Å². The highest BCUT2D eigenvalue weighted by Gasteiger charge is 2.22. The summed E-state index contributed by atoms with van der Waals surface area (Å²) in [6.45, 7) is 6.19. The zero-order chi connectivity index (χ0) is 14.3. The third-order valence-corrected chi connectivity index (χ3v) is 3.50. The molecule has 2 atom stereocenters. The topological polar surface area (TPSA) is 55.1 Å². The van der Waals surface area contributed by atoms with Crippen LogP contribution in [0, 0.1) is 5.92 Å². The van der Waals surface area contributed by atoms with Gasteiger partial charge in [0.1, 0.15) is 0 Å². The van der Waals surface area contributed by atoms with E-state index in [1.54, 1.807) is 0 Å². The number of nitrogens with two attached hydrogens (primary N) is 1. The lowest BCUT2D eigenvalue weighted by Gasteiger charge is -2.27. The van der Waals surface area contributed by atoms with Crippen LogP contribution in [0.3, 0.4) is 0 Å². The zero-order valence-electron chi connectivity index (χ0n) is 12.2. The van der Waals surface area contributed by atoms with E-state index in [2.05, 4.69) is 31.3 Å². The molecule has 0 radical (unpaired) electrons. The predicted octanol–water partition coefficient (Wildman–Crippen LogP) is 3.02. The summed E-state index contributed by atoms with van der Waals surface area (Å²) in [5.74, 6) is 0.496. The van der Waals surface area contributed by atoms with E-state index in [0.29, 0.717) is 12.3 Å². The monoisotopic (exact) mass is 262 g/mol. The summed E-state index contributed by atoms with van der Waals surface area (Å²) in [6, 6.07) is 10.2. The first kappa shape index (κ1) is 15.7. The summed E-state index contributed by atoms with van der Waals surface area (Å²) in [7, 11) is 0. The van der Waals surface area contributed by atoms with Gasteiger partial charge in [-0.3, -0.25) is 4.79 Å². The van der Waals surface area contributed by atoms with Crippen LogP contribution in [-0.2, 0) is 4.79 Å². The van der Waals surface area contributed by atoms with Gasteiger partial charge in [-0.05, 0) is 18.4 Å². The van der Waals surface area contributed by atoms with Gasteiger partial charge in [0.15, 0.2) is 0 Å².